The third kappa shape index (κ3) is 2.11. The van der Waals surface area contributed by atoms with Crippen LogP contribution in [0.1, 0.15) is 24.3 Å². The predicted molar refractivity (Wildman–Crippen MR) is 65.4 cm³/mol. The van der Waals surface area contributed by atoms with Gasteiger partial charge in [0.05, 0.1) is 13.2 Å². The number of fused-ring (bicyclic) bond motifs is 1. The van der Waals surface area contributed by atoms with Crippen LogP contribution in [0.2, 0.25) is 0 Å². The molecule has 4 nitrogen and oxygen atoms in total. The number of carbonyl (C=O) groups is 1. The van der Waals surface area contributed by atoms with E-state index in [-0.39, 0.29) is 5.97 Å². The van der Waals surface area contributed by atoms with Crippen molar-refractivity contribution in [2.75, 3.05) is 13.2 Å². The van der Waals surface area contributed by atoms with Gasteiger partial charge in [-0.05, 0) is 26.0 Å². The van der Waals surface area contributed by atoms with Gasteiger partial charge in [-0.1, -0.05) is 12.1 Å². The molecule has 90 valence electrons. The van der Waals surface area contributed by atoms with Crippen molar-refractivity contribution in [3.8, 4) is 5.75 Å². The van der Waals surface area contributed by atoms with Gasteiger partial charge in [0.25, 0.3) is 0 Å². The largest absolute Gasteiger partial charge is 0.491 e. The van der Waals surface area contributed by atoms with E-state index in [2.05, 4.69) is 4.98 Å². The lowest BCUT2D eigenvalue weighted by atomic mass is 10.2. The Morgan fingerprint density at radius 2 is 2.00 bits per heavy atom. The molecule has 0 fully saturated rings. The van der Waals surface area contributed by atoms with Crippen molar-refractivity contribution < 1.29 is 14.3 Å². The zero-order valence-electron chi connectivity index (χ0n) is 9.95. The van der Waals surface area contributed by atoms with Crippen LogP contribution in [0.4, 0.5) is 0 Å². The maximum atomic E-state index is 11.8. The summed E-state index contributed by atoms with van der Waals surface area (Å²) >= 11 is 0. The molecule has 0 amide bonds. The van der Waals surface area contributed by atoms with Gasteiger partial charge in [-0.3, -0.25) is 0 Å². The van der Waals surface area contributed by atoms with Crippen LogP contribution in [0.25, 0.3) is 10.9 Å². The van der Waals surface area contributed by atoms with Crippen LogP contribution in [-0.2, 0) is 4.74 Å². The average Bonchev–Trinajstić information content (AvgIpc) is 2.70. The summed E-state index contributed by atoms with van der Waals surface area (Å²) in [4.78, 5) is 14.8. The second kappa shape index (κ2) is 4.91. The van der Waals surface area contributed by atoms with Crippen molar-refractivity contribution in [1.29, 1.82) is 0 Å². The summed E-state index contributed by atoms with van der Waals surface area (Å²) in [6.07, 6.45) is 0. The SMILES string of the molecule is CCOC(=O)c1[nH]c2ccccc2c1OCC. The molecule has 4 heteroatoms. The second-order valence-corrected chi connectivity index (χ2v) is 3.53. The summed E-state index contributed by atoms with van der Waals surface area (Å²) in [7, 11) is 0. The minimum atomic E-state index is -0.382. The van der Waals surface area contributed by atoms with Crippen molar-refractivity contribution in [3.63, 3.8) is 0 Å². The number of ether oxygens (including phenoxy) is 2. The highest BCUT2D eigenvalue weighted by Crippen LogP contribution is 2.30. The molecule has 0 aliphatic carbocycles. The molecule has 1 heterocycles. The summed E-state index contributed by atoms with van der Waals surface area (Å²) in [5.41, 5.74) is 1.26. The zero-order chi connectivity index (χ0) is 12.3. The highest BCUT2D eigenvalue weighted by atomic mass is 16.5. The summed E-state index contributed by atoms with van der Waals surface area (Å²) in [5, 5.41) is 0.900. The van der Waals surface area contributed by atoms with Gasteiger partial charge in [-0.25, -0.2) is 4.79 Å². The minimum absolute atomic E-state index is 0.347. The zero-order valence-corrected chi connectivity index (χ0v) is 9.95. The number of para-hydroxylation sites is 1. The Morgan fingerprint density at radius 1 is 1.24 bits per heavy atom. The van der Waals surface area contributed by atoms with E-state index in [1.165, 1.54) is 0 Å². The van der Waals surface area contributed by atoms with Crippen LogP contribution >= 0.6 is 0 Å². The molecule has 1 N–H and O–H groups in total. The number of aromatic amines is 1. The molecule has 0 saturated heterocycles. The van der Waals surface area contributed by atoms with E-state index >= 15 is 0 Å². The highest BCUT2D eigenvalue weighted by Gasteiger charge is 2.19. The van der Waals surface area contributed by atoms with Crippen LogP contribution in [-0.4, -0.2) is 24.2 Å². The molecule has 2 rings (SSSR count). The average molecular weight is 233 g/mol. The number of aromatic nitrogens is 1. The van der Waals surface area contributed by atoms with Gasteiger partial charge in [0.1, 0.15) is 0 Å². The molecule has 0 radical (unpaired) electrons. The van der Waals surface area contributed by atoms with E-state index in [0.717, 1.165) is 10.9 Å². The summed E-state index contributed by atoms with van der Waals surface area (Å²) < 4.78 is 10.5. The molecule has 0 aliphatic rings. The van der Waals surface area contributed by atoms with Crippen LogP contribution < -0.4 is 4.74 Å². The monoisotopic (exact) mass is 233 g/mol. The Bertz CT molecular complexity index is 530. The smallest absolute Gasteiger partial charge is 0.358 e. The highest BCUT2D eigenvalue weighted by molar-refractivity contribution is 6.00. The van der Waals surface area contributed by atoms with E-state index in [4.69, 9.17) is 9.47 Å². The first kappa shape index (κ1) is 11.5. The number of hydrogen-bond donors (Lipinski definition) is 1. The first-order valence-electron chi connectivity index (χ1n) is 5.68. The molecule has 2 aromatic rings. The quantitative estimate of drug-likeness (QED) is 0.826. The maximum Gasteiger partial charge on any atom is 0.358 e. The molecule has 1 aromatic carbocycles. The van der Waals surface area contributed by atoms with E-state index in [9.17, 15) is 4.79 Å². The summed E-state index contributed by atoms with van der Waals surface area (Å²) in [5.74, 6) is 0.189. The van der Waals surface area contributed by atoms with Crippen molar-refractivity contribution in [1.82, 2.24) is 4.98 Å². The first-order chi connectivity index (χ1) is 8.27. The Labute approximate surface area is 99.5 Å². The molecule has 0 atom stereocenters. The van der Waals surface area contributed by atoms with Gasteiger partial charge >= 0.3 is 5.97 Å². The number of benzene rings is 1. The molecule has 0 unspecified atom stereocenters. The molecular formula is C13H15NO3. The van der Waals surface area contributed by atoms with E-state index in [1.54, 1.807) is 6.92 Å². The van der Waals surface area contributed by atoms with Gasteiger partial charge < -0.3 is 14.5 Å². The molecule has 17 heavy (non-hydrogen) atoms. The predicted octanol–water partition coefficient (Wildman–Crippen LogP) is 2.74. The maximum absolute atomic E-state index is 11.8. The Hall–Kier alpha value is -1.97. The van der Waals surface area contributed by atoms with Crippen LogP contribution in [0, 0.1) is 0 Å². The Balaban J connectivity index is 2.53. The van der Waals surface area contributed by atoms with Crippen molar-refractivity contribution in [2.24, 2.45) is 0 Å². The number of rotatable bonds is 4. The molecule has 0 aliphatic heterocycles. The number of hydrogen-bond acceptors (Lipinski definition) is 3. The Kier molecular flexibility index (Phi) is 3.32. The van der Waals surface area contributed by atoms with Gasteiger partial charge in [0, 0.05) is 10.9 Å². The van der Waals surface area contributed by atoms with Crippen LogP contribution in [0.5, 0.6) is 5.75 Å². The lowest BCUT2D eigenvalue weighted by Crippen LogP contribution is -2.07. The molecular weight excluding hydrogens is 218 g/mol. The van der Waals surface area contributed by atoms with E-state index in [1.807, 2.05) is 31.2 Å². The van der Waals surface area contributed by atoms with Crippen LogP contribution in [0.3, 0.4) is 0 Å². The standard InChI is InChI=1S/C13H15NO3/c1-3-16-12-9-7-5-6-8-10(9)14-11(12)13(15)17-4-2/h5-8,14H,3-4H2,1-2H3. The normalized spacial score (nSPS) is 10.5. The molecule has 0 spiro atoms. The molecule has 0 bridgehead atoms. The second-order valence-electron chi connectivity index (χ2n) is 3.53. The fourth-order valence-electron chi connectivity index (χ4n) is 1.76. The van der Waals surface area contributed by atoms with Gasteiger partial charge in [0.2, 0.25) is 0 Å². The molecule has 0 saturated carbocycles. The topological polar surface area (TPSA) is 51.3 Å². The first-order valence-corrected chi connectivity index (χ1v) is 5.68. The summed E-state index contributed by atoms with van der Waals surface area (Å²) in [6.45, 7) is 4.52. The number of nitrogens with one attached hydrogen (secondary N) is 1. The number of H-pyrrole nitrogens is 1. The summed E-state index contributed by atoms with van der Waals surface area (Å²) in [6, 6.07) is 7.64. The van der Waals surface area contributed by atoms with Crippen molar-refractivity contribution in [3.05, 3.63) is 30.0 Å². The fraction of sp³-hybridized carbons (Fsp3) is 0.308. The van der Waals surface area contributed by atoms with Crippen molar-refractivity contribution >= 4 is 16.9 Å². The minimum Gasteiger partial charge on any atom is -0.491 e. The van der Waals surface area contributed by atoms with Gasteiger partial charge in [-0.15, -0.1) is 0 Å². The molecule has 1 aromatic heterocycles. The van der Waals surface area contributed by atoms with Crippen LogP contribution in [0.15, 0.2) is 24.3 Å². The third-order valence-electron chi connectivity index (χ3n) is 2.43. The van der Waals surface area contributed by atoms with Crippen molar-refractivity contribution in [2.45, 2.75) is 13.8 Å². The number of esters is 1. The lowest BCUT2D eigenvalue weighted by molar-refractivity contribution is 0.0516. The van der Waals surface area contributed by atoms with E-state index in [0.29, 0.717) is 24.7 Å². The van der Waals surface area contributed by atoms with Gasteiger partial charge in [0.15, 0.2) is 11.4 Å². The Morgan fingerprint density at radius 3 is 2.71 bits per heavy atom. The van der Waals surface area contributed by atoms with E-state index < -0.39 is 0 Å². The number of carbonyl (C=O) groups excluding carboxylic acids is 1. The third-order valence-corrected chi connectivity index (χ3v) is 2.43. The van der Waals surface area contributed by atoms with Gasteiger partial charge in [-0.2, -0.15) is 0 Å². The lowest BCUT2D eigenvalue weighted by Gasteiger charge is -2.04. The fourth-order valence-corrected chi connectivity index (χ4v) is 1.76.